The minimum atomic E-state index is -0.377. The summed E-state index contributed by atoms with van der Waals surface area (Å²) >= 11 is 0. The van der Waals surface area contributed by atoms with Crippen LogP contribution >= 0.6 is 0 Å². The van der Waals surface area contributed by atoms with E-state index in [1.807, 2.05) is 11.0 Å². The van der Waals surface area contributed by atoms with Crippen LogP contribution in [0.3, 0.4) is 0 Å². The van der Waals surface area contributed by atoms with Gasteiger partial charge in [0.05, 0.1) is 25.2 Å². The molecule has 140 valence electrons. The van der Waals surface area contributed by atoms with Gasteiger partial charge in [-0.15, -0.1) is 0 Å². The van der Waals surface area contributed by atoms with Crippen molar-refractivity contribution in [3.8, 4) is 0 Å². The first-order valence-corrected chi connectivity index (χ1v) is 9.57. The lowest BCUT2D eigenvalue weighted by molar-refractivity contribution is -0.133. The number of benzene rings is 1. The van der Waals surface area contributed by atoms with Gasteiger partial charge in [0.15, 0.2) is 0 Å². The molecule has 6 nitrogen and oxygen atoms in total. The molecule has 3 N–H and O–H groups in total. The number of nitrogens with two attached hydrogens (primary N) is 1. The number of nitrogens with one attached hydrogen (secondary N) is 1. The fourth-order valence-electron chi connectivity index (χ4n) is 4.76. The maximum absolute atomic E-state index is 12.3. The Morgan fingerprint density at radius 3 is 2.85 bits per heavy atom. The molecule has 1 heterocycles. The second-order valence-electron chi connectivity index (χ2n) is 7.96. The van der Waals surface area contributed by atoms with Crippen molar-refractivity contribution in [2.24, 2.45) is 17.1 Å². The molecule has 0 radical (unpaired) electrons. The SMILES string of the molecule is NC(=O)C12CCC(Cc3ccc(NCC(=O)N4CCOCC4)cc3C1)C2. The number of hydrogen-bond donors (Lipinski definition) is 2. The highest BCUT2D eigenvalue weighted by molar-refractivity contribution is 5.82. The summed E-state index contributed by atoms with van der Waals surface area (Å²) in [5.74, 6) is 0.495. The minimum absolute atomic E-state index is 0.0934. The van der Waals surface area contributed by atoms with E-state index in [4.69, 9.17) is 10.5 Å². The van der Waals surface area contributed by atoms with Crippen molar-refractivity contribution < 1.29 is 14.3 Å². The van der Waals surface area contributed by atoms with Crippen molar-refractivity contribution in [3.05, 3.63) is 29.3 Å². The Morgan fingerprint density at radius 2 is 2.08 bits per heavy atom. The van der Waals surface area contributed by atoms with E-state index in [-0.39, 0.29) is 23.8 Å². The van der Waals surface area contributed by atoms with E-state index < -0.39 is 0 Å². The summed E-state index contributed by atoms with van der Waals surface area (Å²) in [6, 6.07) is 6.29. The molecular formula is C20H27N3O3. The summed E-state index contributed by atoms with van der Waals surface area (Å²) < 4.78 is 5.29. The molecule has 26 heavy (non-hydrogen) atoms. The van der Waals surface area contributed by atoms with Crippen molar-refractivity contribution >= 4 is 17.5 Å². The number of morpholine rings is 1. The van der Waals surface area contributed by atoms with Crippen LogP contribution in [0.5, 0.6) is 0 Å². The lowest BCUT2D eigenvalue weighted by atomic mass is 9.79. The van der Waals surface area contributed by atoms with Crippen LogP contribution in [0.1, 0.15) is 30.4 Å². The average molecular weight is 357 g/mol. The first kappa shape index (κ1) is 17.3. The van der Waals surface area contributed by atoms with Crippen LogP contribution in [-0.4, -0.2) is 49.6 Å². The first-order valence-electron chi connectivity index (χ1n) is 9.57. The van der Waals surface area contributed by atoms with Gasteiger partial charge in [0.1, 0.15) is 0 Å². The van der Waals surface area contributed by atoms with Crippen LogP contribution in [0.4, 0.5) is 5.69 Å². The third-order valence-electron chi connectivity index (χ3n) is 6.28. The molecule has 1 saturated heterocycles. The van der Waals surface area contributed by atoms with E-state index in [9.17, 15) is 9.59 Å². The lowest BCUT2D eigenvalue weighted by Gasteiger charge is -2.27. The summed E-state index contributed by atoms with van der Waals surface area (Å²) in [7, 11) is 0. The number of hydrogen-bond acceptors (Lipinski definition) is 4. The van der Waals surface area contributed by atoms with E-state index in [2.05, 4.69) is 17.4 Å². The smallest absolute Gasteiger partial charge is 0.242 e. The summed E-state index contributed by atoms with van der Waals surface area (Å²) in [4.78, 5) is 26.3. The fourth-order valence-corrected chi connectivity index (χ4v) is 4.76. The van der Waals surface area contributed by atoms with E-state index in [0.717, 1.165) is 37.8 Å². The highest BCUT2D eigenvalue weighted by Crippen LogP contribution is 2.48. The van der Waals surface area contributed by atoms with Gasteiger partial charge in [0.2, 0.25) is 11.8 Å². The minimum Gasteiger partial charge on any atom is -0.378 e. The number of rotatable bonds is 4. The molecule has 1 saturated carbocycles. The standard InChI is InChI=1S/C20H27N3O3/c21-19(25)20-4-3-14(11-20)9-15-1-2-17(10-16(15)12-20)22-13-18(24)23-5-7-26-8-6-23/h1-2,10,14,22H,3-9,11-13H2,(H2,21,25). The van der Waals surface area contributed by atoms with Crippen LogP contribution < -0.4 is 11.1 Å². The fraction of sp³-hybridized carbons (Fsp3) is 0.600. The quantitative estimate of drug-likeness (QED) is 0.851. The van der Waals surface area contributed by atoms with Gasteiger partial charge in [-0.05, 0) is 61.3 Å². The Labute approximate surface area is 154 Å². The molecule has 3 aliphatic rings. The van der Waals surface area contributed by atoms with Gasteiger partial charge in [-0.3, -0.25) is 9.59 Å². The normalized spacial score (nSPS) is 27.5. The lowest BCUT2D eigenvalue weighted by Crippen LogP contribution is -2.43. The summed E-state index contributed by atoms with van der Waals surface area (Å²) in [6.45, 7) is 2.82. The van der Waals surface area contributed by atoms with Gasteiger partial charge >= 0.3 is 0 Å². The summed E-state index contributed by atoms with van der Waals surface area (Å²) in [5, 5.41) is 3.25. The van der Waals surface area contributed by atoms with Crippen molar-refractivity contribution in [3.63, 3.8) is 0 Å². The molecule has 2 unspecified atom stereocenters. The Morgan fingerprint density at radius 1 is 1.27 bits per heavy atom. The molecule has 2 bridgehead atoms. The molecule has 2 fully saturated rings. The molecule has 2 aliphatic carbocycles. The van der Waals surface area contributed by atoms with Crippen LogP contribution in [0.25, 0.3) is 0 Å². The maximum atomic E-state index is 12.3. The van der Waals surface area contributed by atoms with Crippen molar-refractivity contribution in [2.75, 3.05) is 38.2 Å². The largest absolute Gasteiger partial charge is 0.378 e. The molecule has 1 aliphatic heterocycles. The molecule has 1 aromatic rings. The second-order valence-corrected chi connectivity index (χ2v) is 7.96. The molecule has 0 aromatic heterocycles. The van der Waals surface area contributed by atoms with Gasteiger partial charge < -0.3 is 20.7 Å². The van der Waals surface area contributed by atoms with Gasteiger partial charge in [0, 0.05) is 18.8 Å². The Bertz CT molecular complexity index is 714. The van der Waals surface area contributed by atoms with Crippen LogP contribution in [-0.2, 0) is 27.2 Å². The topological polar surface area (TPSA) is 84.7 Å². The van der Waals surface area contributed by atoms with Crippen molar-refractivity contribution in [1.82, 2.24) is 4.90 Å². The van der Waals surface area contributed by atoms with E-state index >= 15 is 0 Å². The number of nitrogens with zero attached hydrogens (tertiary/aromatic N) is 1. The van der Waals surface area contributed by atoms with Gasteiger partial charge in [0.25, 0.3) is 0 Å². The highest BCUT2D eigenvalue weighted by atomic mass is 16.5. The molecule has 0 spiro atoms. The Balaban J connectivity index is 1.46. The molecule has 1 aromatic carbocycles. The number of carbonyl (C=O) groups is 2. The van der Waals surface area contributed by atoms with E-state index in [0.29, 0.717) is 32.2 Å². The molecule has 4 rings (SSSR count). The third-order valence-corrected chi connectivity index (χ3v) is 6.28. The summed E-state index contributed by atoms with van der Waals surface area (Å²) in [6.07, 6.45) is 4.66. The third kappa shape index (κ3) is 3.30. The molecule has 2 amide bonds. The average Bonchev–Trinajstić information content (AvgIpc) is 2.97. The van der Waals surface area contributed by atoms with Crippen molar-refractivity contribution in [1.29, 1.82) is 0 Å². The summed E-state index contributed by atoms with van der Waals surface area (Å²) in [5.41, 5.74) is 8.85. The highest BCUT2D eigenvalue weighted by Gasteiger charge is 2.46. The second kappa shape index (κ2) is 6.91. The number of carbonyl (C=O) groups excluding carboxylic acids is 2. The number of anilines is 1. The number of amides is 2. The first-order chi connectivity index (χ1) is 12.6. The monoisotopic (exact) mass is 357 g/mol. The van der Waals surface area contributed by atoms with Crippen molar-refractivity contribution in [2.45, 2.75) is 32.1 Å². The Kier molecular flexibility index (Phi) is 4.61. The van der Waals surface area contributed by atoms with Crippen LogP contribution in [0.2, 0.25) is 0 Å². The number of ether oxygens (including phenoxy) is 1. The van der Waals surface area contributed by atoms with Gasteiger partial charge in [-0.1, -0.05) is 6.07 Å². The molecule has 6 heteroatoms. The predicted molar refractivity (Wildman–Crippen MR) is 98.7 cm³/mol. The zero-order valence-electron chi connectivity index (χ0n) is 15.1. The number of primary amides is 1. The number of fused-ring (bicyclic) bond motifs is 3. The van der Waals surface area contributed by atoms with E-state index in [1.54, 1.807) is 0 Å². The van der Waals surface area contributed by atoms with Gasteiger partial charge in [-0.2, -0.15) is 0 Å². The zero-order chi connectivity index (χ0) is 18.1. The maximum Gasteiger partial charge on any atom is 0.242 e. The van der Waals surface area contributed by atoms with Crippen LogP contribution in [0.15, 0.2) is 18.2 Å². The zero-order valence-corrected chi connectivity index (χ0v) is 15.1. The van der Waals surface area contributed by atoms with E-state index in [1.165, 1.54) is 11.1 Å². The van der Waals surface area contributed by atoms with Gasteiger partial charge in [-0.25, -0.2) is 0 Å². The molecular weight excluding hydrogens is 330 g/mol. The molecule has 2 atom stereocenters. The van der Waals surface area contributed by atoms with Crippen LogP contribution in [0, 0.1) is 11.3 Å². The predicted octanol–water partition coefficient (Wildman–Crippen LogP) is 1.33. The Hall–Kier alpha value is -2.08.